The van der Waals surface area contributed by atoms with Gasteiger partial charge >= 0.3 is 0 Å². The summed E-state index contributed by atoms with van der Waals surface area (Å²) >= 11 is 12.6. The molecule has 0 aliphatic carbocycles. The fourth-order valence-corrected chi connectivity index (χ4v) is 10.7. The van der Waals surface area contributed by atoms with Gasteiger partial charge in [0.05, 0.1) is 14.3 Å². The van der Waals surface area contributed by atoms with Crippen LogP contribution in [-0.2, 0) is 0 Å². The highest BCUT2D eigenvalue weighted by molar-refractivity contribution is 14.1. The van der Waals surface area contributed by atoms with Crippen molar-refractivity contribution in [2.45, 2.75) is 0 Å². The summed E-state index contributed by atoms with van der Waals surface area (Å²) in [6, 6.07) is 21.4. The fourth-order valence-electron chi connectivity index (χ4n) is 2.25. The Balaban J connectivity index is 1.59. The zero-order chi connectivity index (χ0) is 16.5. The topological polar surface area (TPSA) is 0 Å². The summed E-state index contributed by atoms with van der Waals surface area (Å²) in [5.74, 6) is 0. The van der Waals surface area contributed by atoms with E-state index in [4.69, 9.17) is 0 Å². The first kappa shape index (κ1) is 17.9. The van der Waals surface area contributed by atoms with Crippen molar-refractivity contribution in [2.75, 3.05) is 0 Å². The highest BCUT2D eigenvalue weighted by Crippen LogP contribution is 2.65. The van der Waals surface area contributed by atoms with E-state index >= 15 is 0 Å². The maximum Gasteiger partial charge on any atom is 0.0711 e. The van der Waals surface area contributed by atoms with E-state index in [0.29, 0.717) is 0 Å². The van der Waals surface area contributed by atoms with Gasteiger partial charge in [-0.05, 0) is 56.3 Å². The smallest absolute Gasteiger partial charge is 0.0711 e. The molecule has 2 aliphatic rings. The van der Waals surface area contributed by atoms with Gasteiger partial charge in [-0.25, -0.2) is 0 Å². The van der Waals surface area contributed by atoms with Crippen molar-refractivity contribution >= 4 is 102 Å². The minimum absolute atomic E-state index is 1.31. The average Bonchev–Trinajstić information content (AvgIpc) is 3.19. The quantitative estimate of drug-likeness (QED) is 0.313. The molecule has 24 heavy (non-hydrogen) atoms. The molecule has 0 N–H and O–H groups in total. The average molecular weight is 608 g/mol. The predicted octanol–water partition coefficient (Wildman–Crippen LogP) is 8.60. The minimum atomic E-state index is 1.31. The third-order valence-corrected chi connectivity index (χ3v) is 11.9. The van der Waals surface area contributed by atoms with Crippen LogP contribution in [0, 0.1) is 0 Å². The van der Waals surface area contributed by atoms with Crippen molar-refractivity contribution in [3.05, 3.63) is 86.1 Å². The van der Waals surface area contributed by atoms with Crippen molar-refractivity contribution < 1.29 is 0 Å². The molecule has 0 spiro atoms. The molecule has 0 saturated heterocycles. The van der Waals surface area contributed by atoms with Gasteiger partial charge in [0.15, 0.2) is 0 Å². The molecule has 0 unspecified atom stereocenters. The lowest BCUT2D eigenvalue weighted by Gasteiger charge is -2.04. The van der Waals surface area contributed by atoms with Gasteiger partial charge in [0.1, 0.15) is 0 Å². The summed E-state index contributed by atoms with van der Waals surface area (Å²) in [6.07, 6.45) is 0. The van der Waals surface area contributed by atoms with E-state index in [1.807, 2.05) is 47.0 Å². The molecule has 6 heteroatoms. The molecule has 2 aromatic rings. The van der Waals surface area contributed by atoms with Crippen LogP contribution in [0.4, 0.5) is 0 Å². The van der Waals surface area contributed by atoms with E-state index in [1.54, 1.807) is 0 Å². The molecule has 2 aliphatic heterocycles. The molecule has 0 amide bonds. The molecule has 0 fully saturated rings. The van der Waals surface area contributed by atoms with E-state index in [1.165, 1.54) is 35.2 Å². The van der Waals surface area contributed by atoms with Crippen LogP contribution in [0.25, 0.3) is 9.81 Å². The van der Waals surface area contributed by atoms with Crippen molar-refractivity contribution in [3.8, 4) is 0 Å². The first-order valence-corrected chi connectivity index (χ1v) is 12.5. The lowest BCUT2D eigenvalue weighted by Crippen LogP contribution is -1.76. The molecule has 0 saturated carbocycles. The Morgan fingerprint density at radius 2 is 0.875 bits per heavy atom. The van der Waals surface area contributed by atoms with Gasteiger partial charge < -0.3 is 0 Å². The van der Waals surface area contributed by atoms with Crippen molar-refractivity contribution in [1.29, 1.82) is 0 Å². The predicted molar refractivity (Wildman–Crippen MR) is 132 cm³/mol. The largest absolute Gasteiger partial charge is 0.0786 e. The number of hydrogen-bond acceptors (Lipinski definition) is 4. The number of benzene rings is 2. The molecule has 0 bridgehead atoms. The summed E-state index contributed by atoms with van der Waals surface area (Å²) in [7, 11) is 0. The summed E-state index contributed by atoms with van der Waals surface area (Å²) in [5.41, 5.74) is 2.63. The molecule has 120 valence electrons. The van der Waals surface area contributed by atoms with E-state index in [2.05, 4.69) is 106 Å². The van der Waals surface area contributed by atoms with Crippen LogP contribution in [0.1, 0.15) is 11.1 Å². The van der Waals surface area contributed by atoms with E-state index in [-0.39, 0.29) is 0 Å². The lowest BCUT2D eigenvalue weighted by molar-refractivity contribution is 1.66. The van der Waals surface area contributed by atoms with E-state index < -0.39 is 0 Å². The zero-order valence-electron chi connectivity index (χ0n) is 12.2. The third-order valence-electron chi connectivity index (χ3n) is 3.35. The second kappa shape index (κ2) is 8.04. The van der Waals surface area contributed by atoms with Crippen LogP contribution in [0.3, 0.4) is 0 Å². The normalized spacial score (nSPS) is 21.1. The molecule has 2 aromatic carbocycles. The second-order valence-corrected chi connectivity index (χ2v) is 13.1. The Morgan fingerprint density at radius 3 is 1.25 bits per heavy atom. The Bertz CT molecular complexity index is 797. The van der Waals surface area contributed by atoms with Gasteiger partial charge in [-0.1, -0.05) is 108 Å². The molecular weight excluding hydrogens is 598 g/mol. The monoisotopic (exact) mass is 608 g/mol. The highest BCUT2D eigenvalue weighted by Gasteiger charge is 2.29. The van der Waals surface area contributed by atoms with Crippen LogP contribution in [0.5, 0.6) is 0 Å². The van der Waals surface area contributed by atoms with Gasteiger partial charge in [-0.3, -0.25) is 0 Å². The number of rotatable bonds is 2. The molecule has 0 radical (unpaired) electrons. The van der Waals surface area contributed by atoms with Crippen molar-refractivity contribution in [1.82, 2.24) is 0 Å². The fraction of sp³-hybridized carbons (Fsp3) is 0. The van der Waals surface area contributed by atoms with E-state index in [0.717, 1.165) is 0 Å². The third kappa shape index (κ3) is 3.78. The van der Waals surface area contributed by atoms with Crippen LogP contribution < -0.4 is 0 Å². The summed E-state index contributed by atoms with van der Waals surface area (Å²) in [6.45, 7) is 0. The molecule has 2 heterocycles. The van der Waals surface area contributed by atoms with Crippen molar-refractivity contribution in [3.63, 3.8) is 0 Å². The zero-order valence-corrected chi connectivity index (χ0v) is 19.7. The van der Waals surface area contributed by atoms with Crippen LogP contribution in [0.2, 0.25) is 0 Å². The molecular formula is C18H10I2S4. The molecule has 0 aromatic heterocycles. The number of halogens is 2. The van der Waals surface area contributed by atoms with Crippen LogP contribution in [0.15, 0.2) is 75.0 Å². The highest BCUT2D eigenvalue weighted by atomic mass is 127. The van der Waals surface area contributed by atoms with Crippen LogP contribution in [-0.4, -0.2) is 0 Å². The summed E-state index contributed by atoms with van der Waals surface area (Å²) in [4.78, 5) is 2.76. The molecule has 0 nitrogen and oxygen atoms in total. The Labute approximate surface area is 186 Å². The van der Waals surface area contributed by atoms with Gasteiger partial charge in [0.2, 0.25) is 0 Å². The number of hydrogen-bond donors (Lipinski definition) is 0. The second-order valence-electron chi connectivity index (χ2n) is 4.92. The lowest BCUT2D eigenvalue weighted by atomic mass is 10.2. The van der Waals surface area contributed by atoms with Gasteiger partial charge in [-0.2, -0.15) is 0 Å². The Kier molecular flexibility index (Phi) is 6.00. The Morgan fingerprint density at radius 1 is 0.500 bits per heavy atom. The first-order valence-electron chi connectivity index (χ1n) is 7.08. The SMILES string of the molecule is IC1=C(c2ccccc2)S/C(=C2\SC(I)=C(c3ccccc3)S2)S1. The standard InChI is InChI=1S/C18H10I2S4/c19-15-13(11-7-3-1-4-8-11)21-17(23-15)18-22-14(16(20)24-18)12-9-5-2-6-10-12/h1-10H/b18-17+. The van der Waals surface area contributed by atoms with Crippen LogP contribution >= 0.6 is 92.2 Å². The minimum Gasteiger partial charge on any atom is -0.0786 e. The number of thioether (sulfide) groups is 4. The van der Waals surface area contributed by atoms with Gasteiger partial charge in [0.25, 0.3) is 0 Å². The molecule has 4 rings (SSSR count). The summed E-state index contributed by atoms with van der Waals surface area (Å²) < 4.78 is 5.56. The van der Waals surface area contributed by atoms with E-state index in [9.17, 15) is 0 Å². The van der Waals surface area contributed by atoms with Crippen molar-refractivity contribution in [2.24, 2.45) is 0 Å². The molecule has 0 atom stereocenters. The van der Waals surface area contributed by atoms with Gasteiger partial charge in [0, 0.05) is 9.81 Å². The Hall–Kier alpha value is 0.520. The maximum atomic E-state index is 2.47. The summed E-state index contributed by atoms with van der Waals surface area (Å²) in [5, 5.41) is 0. The first-order chi connectivity index (χ1) is 11.7. The van der Waals surface area contributed by atoms with Gasteiger partial charge in [-0.15, -0.1) is 0 Å². The maximum absolute atomic E-state index is 2.47.